The second-order valence-electron chi connectivity index (χ2n) is 4.67. The summed E-state index contributed by atoms with van der Waals surface area (Å²) in [4.78, 5) is 12.2. The van der Waals surface area contributed by atoms with Crippen LogP contribution in [0.15, 0.2) is 51.4 Å². The molecule has 0 bridgehead atoms. The molecule has 0 spiro atoms. The molecule has 2 aromatic carbocycles. The van der Waals surface area contributed by atoms with Gasteiger partial charge in [0.1, 0.15) is 0 Å². The number of hydrogen-bond acceptors (Lipinski definition) is 3. The van der Waals surface area contributed by atoms with Crippen molar-refractivity contribution in [3.8, 4) is 11.5 Å². The Balaban J connectivity index is 2.25. The van der Waals surface area contributed by atoms with Crippen molar-refractivity contribution in [2.24, 2.45) is 0 Å². The van der Waals surface area contributed by atoms with Crippen LogP contribution in [0.1, 0.15) is 22.8 Å². The molecule has 2 rings (SSSR count). The average molecular weight is 440 g/mol. The molecule has 0 heterocycles. The molecule has 2 aromatic rings. The molecular weight excluding hydrogens is 424 g/mol. The van der Waals surface area contributed by atoms with Gasteiger partial charge in [0, 0.05) is 10.0 Å². The SMILES string of the molecule is CCOc1cc(/C=C/C(=O)c2ccc(Br)cc2)cc(Br)c1OC. The molecule has 0 saturated heterocycles. The Morgan fingerprint density at radius 2 is 1.87 bits per heavy atom. The first-order valence-electron chi connectivity index (χ1n) is 7.03. The molecule has 0 amide bonds. The topological polar surface area (TPSA) is 35.5 Å². The van der Waals surface area contributed by atoms with Gasteiger partial charge in [-0.3, -0.25) is 4.79 Å². The summed E-state index contributed by atoms with van der Waals surface area (Å²) in [6, 6.07) is 11.0. The van der Waals surface area contributed by atoms with E-state index in [1.807, 2.05) is 31.2 Å². The molecule has 0 N–H and O–H groups in total. The number of ketones is 1. The Bertz CT molecular complexity index is 722. The number of hydrogen-bond donors (Lipinski definition) is 0. The number of rotatable bonds is 6. The lowest BCUT2D eigenvalue weighted by molar-refractivity contribution is 0.104. The maximum atomic E-state index is 12.2. The molecule has 5 heteroatoms. The molecule has 0 radical (unpaired) electrons. The highest BCUT2D eigenvalue weighted by molar-refractivity contribution is 9.10. The van der Waals surface area contributed by atoms with Crippen LogP contribution >= 0.6 is 31.9 Å². The van der Waals surface area contributed by atoms with E-state index in [2.05, 4.69) is 31.9 Å². The van der Waals surface area contributed by atoms with Crippen molar-refractivity contribution >= 4 is 43.7 Å². The van der Waals surface area contributed by atoms with E-state index < -0.39 is 0 Å². The van der Waals surface area contributed by atoms with Crippen LogP contribution < -0.4 is 9.47 Å². The first kappa shape index (κ1) is 17.8. The van der Waals surface area contributed by atoms with Crippen LogP contribution in [-0.2, 0) is 0 Å². The number of carbonyl (C=O) groups is 1. The van der Waals surface area contributed by atoms with E-state index in [0.717, 1.165) is 14.5 Å². The molecule has 120 valence electrons. The van der Waals surface area contributed by atoms with Gasteiger partial charge < -0.3 is 9.47 Å². The summed E-state index contributed by atoms with van der Waals surface area (Å²) in [5, 5.41) is 0. The maximum Gasteiger partial charge on any atom is 0.185 e. The van der Waals surface area contributed by atoms with Gasteiger partial charge in [-0.1, -0.05) is 22.0 Å². The lowest BCUT2D eigenvalue weighted by Crippen LogP contribution is -1.97. The number of ether oxygens (including phenoxy) is 2. The van der Waals surface area contributed by atoms with Gasteiger partial charge in [0.15, 0.2) is 17.3 Å². The fourth-order valence-electron chi connectivity index (χ4n) is 2.03. The molecule has 0 aliphatic rings. The summed E-state index contributed by atoms with van der Waals surface area (Å²) in [5.41, 5.74) is 1.49. The van der Waals surface area contributed by atoms with E-state index in [-0.39, 0.29) is 5.78 Å². The Hall–Kier alpha value is -1.59. The van der Waals surface area contributed by atoms with Crippen molar-refractivity contribution in [3.63, 3.8) is 0 Å². The Morgan fingerprint density at radius 1 is 1.17 bits per heavy atom. The standard InChI is InChI=1S/C18H16Br2O3/c1-3-23-17-11-12(10-15(20)18(17)22-2)4-9-16(21)13-5-7-14(19)8-6-13/h4-11H,3H2,1-2H3/b9-4+. The van der Waals surface area contributed by atoms with E-state index in [0.29, 0.717) is 23.7 Å². The molecule has 0 aromatic heterocycles. The molecular formula is C18H16Br2O3. The number of allylic oxidation sites excluding steroid dienone is 1. The molecule has 3 nitrogen and oxygen atoms in total. The van der Waals surface area contributed by atoms with Crippen molar-refractivity contribution in [1.29, 1.82) is 0 Å². The Kier molecular flexibility index (Phi) is 6.42. The molecule has 0 aliphatic heterocycles. The van der Waals surface area contributed by atoms with Crippen LogP contribution in [0, 0.1) is 0 Å². The van der Waals surface area contributed by atoms with Gasteiger partial charge in [-0.05, 0) is 70.9 Å². The van der Waals surface area contributed by atoms with E-state index in [1.165, 1.54) is 0 Å². The van der Waals surface area contributed by atoms with Gasteiger partial charge in [-0.2, -0.15) is 0 Å². The van der Waals surface area contributed by atoms with Crippen molar-refractivity contribution in [1.82, 2.24) is 0 Å². The lowest BCUT2D eigenvalue weighted by Gasteiger charge is -2.12. The van der Waals surface area contributed by atoms with Crippen LogP contribution in [0.2, 0.25) is 0 Å². The van der Waals surface area contributed by atoms with Crippen LogP contribution in [0.4, 0.5) is 0 Å². The minimum atomic E-state index is -0.0533. The van der Waals surface area contributed by atoms with Crippen LogP contribution in [0.25, 0.3) is 6.08 Å². The summed E-state index contributed by atoms with van der Waals surface area (Å²) in [5.74, 6) is 1.23. The van der Waals surface area contributed by atoms with Crippen molar-refractivity contribution < 1.29 is 14.3 Å². The minimum absolute atomic E-state index is 0.0533. The fourth-order valence-corrected chi connectivity index (χ4v) is 2.91. The maximum absolute atomic E-state index is 12.2. The van der Waals surface area contributed by atoms with Gasteiger partial charge in [-0.25, -0.2) is 0 Å². The predicted molar refractivity (Wildman–Crippen MR) is 99.4 cm³/mol. The summed E-state index contributed by atoms with van der Waals surface area (Å²) in [6.07, 6.45) is 3.31. The predicted octanol–water partition coefficient (Wildman–Crippen LogP) is 5.52. The van der Waals surface area contributed by atoms with Gasteiger partial charge in [0.05, 0.1) is 18.2 Å². The number of benzene rings is 2. The smallest absolute Gasteiger partial charge is 0.185 e. The quantitative estimate of drug-likeness (QED) is 0.439. The first-order chi connectivity index (χ1) is 11.0. The molecule has 0 unspecified atom stereocenters. The number of carbonyl (C=O) groups excluding carboxylic acids is 1. The van der Waals surface area contributed by atoms with Gasteiger partial charge >= 0.3 is 0 Å². The monoisotopic (exact) mass is 438 g/mol. The first-order valence-corrected chi connectivity index (χ1v) is 8.62. The van der Waals surface area contributed by atoms with Crippen molar-refractivity contribution in [2.75, 3.05) is 13.7 Å². The summed E-state index contributed by atoms with van der Waals surface area (Å²) in [7, 11) is 1.59. The largest absolute Gasteiger partial charge is 0.492 e. The third-order valence-electron chi connectivity index (χ3n) is 3.09. The van der Waals surface area contributed by atoms with Gasteiger partial charge in [0.25, 0.3) is 0 Å². The molecule has 0 atom stereocenters. The van der Waals surface area contributed by atoms with E-state index in [1.54, 1.807) is 31.4 Å². The van der Waals surface area contributed by atoms with Crippen LogP contribution in [0.3, 0.4) is 0 Å². The molecule has 0 saturated carbocycles. The third-order valence-corrected chi connectivity index (χ3v) is 4.21. The van der Waals surface area contributed by atoms with E-state index in [4.69, 9.17) is 9.47 Å². The second kappa shape index (κ2) is 8.31. The van der Waals surface area contributed by atoms with Gasteiger partial charge in [0.2, 0.25) is 0 Å². The summed E-state index contributed by atoms with van der Waals surface area (Å²) in [6.45, 7) is 2.45. The van der Waals surface area contributed by atoms with Crippen molar-refractivity contribution in [2.45, 2.75) is 6.92 Å². The second-order valence-corrected chi connectivity index (χ2v) is 6.44. The van der Waals surface area contributed by atoms with Crippen LogP contribution in [-0.4, -0.2) is 19.5 Å². The average Bonchev–Trinajstić information content (AvgIpc) is 2.53. The highest BCUT2D eigenvalue weighted by Crippen LogP contribution is 2.36. The highest BCUT2D eigenvalue weighted by atomic mass is 79.9. The van der Waals surface area contributed by atoms with E-state index in [9.17, 15) is 4.79 Å². The summed E-state index contributed by atoms with van der Waals surface area (Å²) < 4.78 is 12.6. The zero-order valence-corrected chi connectivity index (χ0v) is 16.0. The number of halogens is 2. The Morgan fingerprint density at radius 3 is 2.48 bits per heavy atom. The third kappa shape index (κ3) is 4.69. The van der Waals surface area contributed by atoms with E-state index >= 15 is 0 Å². The zero-order chi connectivity index (χ0) is 16.8. The van der Waals surface area contributed by atoms with Crippen LogP contribution in [0.5, 0.6) is 11.5 Å². The fraction of sp³-hybridized carbons (Fsp3) is 0.167. The Labute approximate surface area is 152 Å². The molecule has 0 aliphatic carbocycles. The summed E-state index contributed by atoms with van der Waals surface area (Å²) >= 11 is 6.81. The lowest BCUT2D eigenvalue weighted by atomic mass is 10.1. The molecule has 23 heavy (non-hydrogen) atoms. The molecule has 0 fully saturated rings. The van der Waals surface area contributed by atoms with Crippen molar-refractivity contribution in [3.05, 3.63) is 62.5 Å². The zero-order valence-electron chi connectivity index (χ0n) is 12.8. The number of methoxy groups -OCH3 is 1. The minimum Gasteiger partial charge on any atom is -0.492 e. The van der Waals surface area contributed by atoms with Gasteiger partial charge in [-0.15, -0.1) is 0 Å². The highest BCUT2D eigenvalue weighted by Gasteiger charge is 2.10. The normalized spacial score (nSPS) is 10.8.